The van der Waals surface area contributed by atoms with Crippen molar-refractivity contribution in [1.82, 2.24) is 0 Å². The number of carbonyl (C=O) groups is 1. The average molecular weight is 481 g/mol. The van der Waals surface area contributed by atoms with Gasteiger partial charge in [0.15, 0.2) is 0 Å². The molecule has 0 radical (unpaired) electrons. The third kappa shape index (κ3) is 29.0. The van der Waals surface area contributed by atoms with Crippen molar-refractivity contribution in [3.63, 3.8) is 0 Å². The van der Waals surface area contributed by atoms with Gasteiger partial charge in [-0.3, -0.25) is 0 Å². The summed E-state index contributed by atoms with van der Waals surface area (Å²) < 4.78 is 10.3. The molecule has 202 valence electrons. The lowest BCUT2D eigenvalue weighted by Crippen LogP contribution is -2.09. The molecule has 34 heavy (non-hydrogen) atoms. The Morgan fingerprint density at radius 1 is 0.559 bits per heavy atom. The van der Waals surface area contributed by atoms with E-state index in [9.17, 15) is 4.79 Å². The van der Waals surface area contributed by atoms with Crippen LogP contribution in [0.1, 0.15) is 162 Å². The first-order chi connectivity index (χ1) is 16.7. The lowest BCUT2D eigenvalue weighted by Gasteiger charge is -2.07. The van der Waals surface area contributed by atoms with Gasteiger partial charge in [-0.2, -0.15) is 0 Å². The molecule has 3 nitrogen and oxygen atoms in total. The van der Waals surface area contributed by atoms with Gasteiger partial charge in [0.05, 0.1) is 13.2 Å². The Balaban J connectivity index is 3.17. The van der Waals surface area contributed by atoms with Crippen LogP contribution in [0.25, 0.3) is 0 Å². The molecule has 0 aliphatic rings. The Morgan fingerprint density at radius 3 is 1.38 bits per heavy atom. The minimum atomic E-state index is -0.489. The molecule has 0 heterocycles. The van der Waals surface area contributed by atoms with E-state index >= 15 is 0 Å². The molecule has 0 aromatic heterocycles. The predicted octanol–water partition coefficient (Wildman–Crippen LogP) is 11.0. The molecule has 0 atom stereocenters. The summed E-state index contributed by atoms with van der Waals surface area (Å²) in [7, 11) is 0. The topological polar surface area (TPSA) is 35.5 Å². The lowest BCUT2D eigenvalue weighted by atomic mass is 10.1. The van der Waals surface area contributed by atoms with Gasteiger partial charge < -0.3 is 9.47 Å². The summed E-state index contributed by atoms with van der Waals surface area (Å²) in [4.78, 5) is 11.5. The molecule has 3 heteroatoms. The Labute approximate surface area is 213 Å². The molecule has 0 N–H and O–H groups in total. The summed E-state index contributed by atoms with van der Waals surface area (Å²) in [5.74, 6) is 0.757. The van der Waals surface area contributed by atoms with Crippen LogP contribution in [0.4, 0.5) is 4.79 Å². The molecule has 0 amide bonds. The van der Waals surface area contributed by atoms with Gasteiger partial charge in [0.2, 0.25) is 0 Å². The van der Waals surface area contributed by atoms with E-state index in [2.05, 4.69) is 32.9 Å². The number of hydrogen-bond donors (Lipinski definition) is 0. The van der Waals surface area contributed by atoms with E-state index in [4.69, 9.17) is 9.47 Å². The van der Waals surface area contributed by atoms with Crippen molar-refractivity contribution in [3.05, 3.63) is 12.2 Å². The van der Waals surface area contributed by atoms with Crippen LogP contribution in [0, 0.1) is 5.92 Å². The van der Waals surface area contributed by atoms with Gasteiger partial charge >= 0.3 is 6.16 Å². The minimum absolute atomic E-state index is 0.489. The van der Waals surface area contributed by atoms with Crippen LogP contribution in [0.3, 0.4) is 0 Å². The van der Waals surface area contributed by atoms with Crippen molar-refractivity contribution in [1.29, 1.82) is 0 Å². The molecule has 0 aliphatic carbocycles. The summed E-state index contributed by atoms with van der Waals surface area (Å²) >= 11 is 0. The van der Waals surface area contributed by atoms with Gasteiger partial charge in [-0.1, -0.05) is 136 Å². The fourth-order valence-electron chi connectivity index (χ4n) is 4.24. The Kier molecular flexibility index (Phi) is 27.4. The lowest BCUT2D eigenvalue weighted by molar-refractivity contribution is 0.0528. The summed E-state index contributed by atoms with van der Waals surface area (Å²) in [6, 6.07) is 0. The third-order valence-electron chi connectivity index (χ3n) is 6.52. The quantitative estimate of drug-likeness (QED) is 0.0701. The van der Waals surface area contributed by atoms with Gasteiger partial charge in [0.1, 0.15) is 0 Å². The first-order valence-electron chi connectivity index (χ1n) is 15.1. The number of ether oxygens (including phenoxy) is 2. The van der Waals surface area contributed by atoms with Gasteiger partial charge in [-0.25, -0.2) is 4.79 Å². The Hall–Kier alpha value is -0.990. The maximum atomic E-state index is 11.5. The van der Waals surface area contributed by atoms with E-state index in [-0.39, 0.29) is 0 Å². The zero-order valence-electron chi connectivity index (χ0n) is 23.4. The number of allylic oxidation sites excluding steroid dienone is 2. The standard InChI is InChI=1S/C31H60O3/c1-4-5-6-7-8-9-10-11-12-13-14-15-16-17-18-19-20-21-22-25-28-33-31(32)34-29-26-23-24-27-30(2)3/h11-12,30H,4-10,13-29H2,1-3H3/b12-11-. The van der Waals surface area contributed by atoms with Crippen molar-refractivity contribution in [2.45, 2.75) is 162 Å². The SMILES string of the molecule is CCCCCCCC/C=C\CCCCCCCCCCCCOC(=O)OCCCCCC(C)C. The molecule has 0 rings (SSSR count). The second-order valence-corrected chi connectivity index (χ2v) is 10.5. The fraction of sp³-hybridized carbons (Fsp3) is 0.903. The highest BCUT2D eigenvalue weighted by molar-refractivity contribution is 5.59. The molecule has 0 aromatic carbocycles. The van der Waals surface area contributed by atoms with Crippen LogP contribution in [0.5, 0.6) is 0 Å². The van der Waals surface area contributed by atoms with Crippen molar-refractivity contribution >= 4 is 6.16 Å². The van der Waals surface area contributed by atoms with Gasteiger partial charge in [-0.05, 0) is 44.4 Å². The van der Waals surface area contributed by atoms with Crippen LogP contribution in [0.15, 0.2) is 12.2 Å². The van der Waals surface area contributed by atoms with Crippen molar-refractivity contribution in [2.24, 2.45) is 5.92 Å². The van der Waals surface area contributed by atoms with Gasteiger partial charge in [0, 0.05) is 0 Å². The molecule has 0 aliphatic heterocycles. The monoisotopic (exact) mass is 480 g/mol. The average Bonchev–Trinajstić information content (AvgIpc) is 2.82. The molecule has 0 saturated carbocycles. The van der Waals surface area contributed by atoms with Crippen LogP contribution >= 0.6 is 0 Å². The first kappa shape index (κ1) is 33.0. The van der Waals surface area contributed by atoms with Crippen LogP contribution in [0.2, 0.25) is 0 Å². The van der Waals surface area contributed by atoms with E-state index in [1.165, 1.54) is 116 Å². The molecule has 0 fully saturated rings. The fourth-order valence-corrected chi connectivity index (χ4v) is 4.24. The number of hydrogen-bond acceptors (Lipinski definition) is 3. The van der Waals surface area contributed by atoms with E-state index in [0.717, 1.165) is 31.6 Å². The smallest absolute Gasteiger partial charge is 0.434 e. The summed E-state index contributed by atoms with van der Waals surface area (Å²) in [6.07, 6.45) is 32.7. The summed E-state index contributed by atoms with van der Waals surface area (Å²) in [5, 5.41) is 0. The number of rotatable bonds is 26. The maximum Gasteiger partial charge on any atom is 0.508 e. The van der Waals surface area contributed by atoms with Crippen molar-refractivity contribution < 1.29 is 14.3 Å². The Bertz CT molecular complexity index is 430. The second-order valence-electron chi connectivity index (χ2n) is 10.5. The van der Waals surface area contributed by atoms with E-state index < -0.39 is 6.16 Å². The van der Waals surface area contributed by atoms with Crippen LogP contribution in [-0.4, -0.2) is 19.4 Å². The van der Waals surface area contributed by atoms with Crippen molar-refractivity contribution in [3.8, 4) is 0 Å². The highest BCUT2D eigenvalue weighted by atomic mass is 16.7. The third-order valence-corrected chi connectivity index (χ3v) is 6.52. The molecule has 0 spiro atoms. The zero-order chi connectivity index (χ0) is 25.0. The zero-order valence-corrected chi connectivity index (χ0v) is 23.4. The molecule has 0 unspecified atom stereocenters. The number of unbranched alkanes of at least 4 members (excludes halogenated alkanes) is 18. The van der Waals surface area contributed by atoms with E-state index in [0.29, 0.717) is 13.2 Å². The summed E-state index contributed by atoms with van der Waals surface area (Å²) in [6.45, 7) is 7.76. The minimum Gasteiger partial charge on any atom is -0.434 e. The first-order valence-corrected chi connectivity index (χ1v) is 15.1. The largest absolute Gasteiger partial charge is 0.508 e. The molecule has 0 aromatic rings. The highest BCUT2D eigenvalue weighted by Crippen LogP contribution is 2.13. The summed E-state index contributed by atoms with van der Waals surface area (Å²) in [5.41, 5.74) is 0. The van der Waals surface area contributed by atoms with Crippen LogP contribution in [-0.2, 0) is 9.47 Å². The van der Waals surface area contributed by atoms with Gasteiger partial charge in [0.25, 0.3) is 0 Å². The molecule has 0 bridgehead atoms. The Morgan fingerprint density at radius 2 is 0.941 bits per heavy atom. The predicted molar refractivity (Wildman–Crippen MR) is 149 cm³/mol. The number of carbonyl (C=O) groups excluding carboxylic acids is 1. The molecular formula is C31H60O3. The normalized spacial score (nSPS) is 11.5. The van der Waals surface area contributed by atoms with Crippen LogP contribution < -0.4 is 0 Å². The molecular weight excluding hydrogens is 420 g/mol. The van der Waals surface area contributed by atoms with E-state index in [1.807, 2.05) is 0 Å². The maximum absolute atomic E-state index is 11.5. The van der Waals surface area contributed by atoms with Crippen molar-refractivity contribution in [2.75, 3.05) is 13.2 Å². The molecule has 0 saturated heterocycles. The van der Waals surface area contributed by atoms with E-state index in [1.54, 1.807) is 0 Å². The second kappa shape index (κ2) is 28.2. The highest BCUT2D eigenvalue weighted by Gasteiger charge is 2.03. The van der Waals surface area contributed by atoms with Gasteiger partial charge in [-0.15, -0.1) is 0 Å².